The molecule has 0 fully saturated rings. The summed E-state index contributed by atoms with van der Waals surface area (Å²) in [5.74, 6) is 0. The van der Waals surface area contributed by atoms with Gasteiger partial charge in [-0.25, -0.2) is 0 Å². The molecule has 26 heavy (non-hydrogen) atoms. The number of rotatable bonds is 5. The zero-order valence-corrected chi connectivity index (χ0v) is 15.4. The lowest BCUT2D eigenvalue weighted by molar-refractivity contribution is -0.383. The molecule has 140 valence electrons. The SMILES string of the molecule is COP(C)(=O)c1cc(Cc2ccc(C(F)(F)F)cc2Cl)ccc1[N+](=O)[O-]. The number of nitro benzene ring substituents is 1. The highest BCUT2D eigenvalue weighted by Crippen LogP contribution is 2.43. The van der Waals surface area contributed by atoms with E-state index in [0.29, 0.717) is 11.1 Å². The second-order valence-corrected chi connectivity index (χ2v) is 8.54. The van der Waals surface area contributed by atoms with Crippen molar-refractivity contribution in [3.8, 4) is 0 Å². The number of alkyl halides is 3. The van der Waals surface area contributed by atoms with Gasteiger partial charge in [0.05, 0.1) is 10.5 Å². The van der Waals surface area contributed by atoms with Gasteiger partial charge in [-0.2, -0.15) is 13.2 Å². The summed E-state index contributed by atoms with van der Waals surface area (Å²) in [6.07, 6.45) is -4.39. The summed E-state index contributed by atoms with van der Waals surface area (Å²) >= 11 is 5.94. The summed E-state index contributed by atoms with van der Waals surface area (Å²) in [6.45, 7) is 1.25. The van der Waals surface area contributed by atoms with Crippen LogP contribution in [0.3, 0.4) is 0 Å². The summed E-state index contributed by atoms with van der Waals surface area (Å²) in [6, 6.07) is 6.96. The third kappa shape index (κ3) is 4.44. The fourth-order valence-electron chi connectivity index (χ4n) is 2.34. The van der Waals surface area contributed by atoms with Crippen LogP contribution >= 0.6 is 19.0 Å². The first kappa shape index (κ1) is 20.4. The van der Waals surface area contributed by atoms with Crippen LogP contribution in [0.2, 0.25) is 5.02 Å². The molecule has 0 N–H and O–H groups in total. The molecule has 1 atom stereocenters. The van der Waals surface area contributed by atoms with Gasteiger partial charge in [-0.05, 0) is 35.7 Å². The smallest absolute Gasteiger partial charge is 0.329 e. The molecule has 0 radical (unpaired) electrons. The van der Waals surface area contributed by atoms with E-state index in [2.05, 4.69) is 0 Å². The third-order valence-corrected chi connectivity index (χ3v) is 6.08. The average Bonchev–Trinajstić information content (AvgIpc) is 2.55. The Hall–Kier alpha value is -1.89. The van der Waals surface area contributed by atoms with E-state index in [-0.39, 0.29) is 22.4 Å². The van der Waals surface area contributed by atoms with Crippen molar-refractivity contribution in [2.45, 2.75) is 12.6 Å². The van der Waals surface area contributed by atoms with E-state index in [1.54, 1.807) is 0 Å². The molecular weight excluding hydrogens is 394 g/mol. The summed E-state index contributed by atoms with van der Waals surface area (Å²) in [7, 11) is -2.23. The number of nitro groups is 1. The first-order valence-corrected chi connectivity index (χ1v) is 9.67. The van der Waals surface area contributed by atoms with Crippen molar-refractivity contribution in [1.82, 2.24) is 0 Å². The van der Waals surface area contributed by atoms with E-state index in [9.17, 15) is 27.9 Å². The van der Waals surface area contributed by atoms with Gasteiger partial charge in [0.2, 0.25) is 7.37 Å². The minimum absolute atomic E-state index is 0.0643. The first-order chi connectivity index (χ1) is 12.0. The van der Waals surface area contributed by atoms with Crippen LogP contribution in [0.25, 0.3) is 0 Å². The van der Waals surface area contributed by atoms with Crippen molar-refractivity contribution in [2.24, 2.45) is 0 Å². The Morgan fingerprint density at radius 2 is 1.88 bits per heavy atom. The van der Waals surface area contributed by atoms with Crippen molar-refractivity contribution in [2.75, 3.05) is 13.8 Å². The highest BCUT2D eigenvalue weighted by molar-refractivity contribution is 7.66. The fourth-order valence-corrected chi connectivity index (χ4v) is 3.76. The summed E-state index contributed by atoms with van der Waals surface area (Å²) in [4.78, 5) is 10.5. The van der Waals surface area contributed by atoms with E-state index in [0.717, 1.165) is 12.1 Å². The van der Waals surface area contributed by atoms with E-state index in [4.69, 9.17) is 16.1 Å². The first-order valence-electron chi connectivity index (χ1n) is 7.22. The zero-order valence-electron chi connectivity index (χ0n) is 13.7. The Balaban J connectivity index is 2.44. The molecule has 0 heterocycles. The zero-order chi connectivity index (χ0) is 19.7. The minimum atomic E-state index is -4.50. The maximum absolute atomic E-state index is 12.7. The van der Waals surface area contributed by atoms with Crippen LogP contribution in [0.1, 0.15) is 16.7 Å². The Kier molecular flexibility index (Phi) is 5.80. The van der Waals surface area contributed by atoms with Gasteiger partial charge in [-0.1, -0.05) is 23.7 Å². The van der Waals surface area contributed by atoms with Gasteiger partial charge in [0.15, 0.2) is 0 Å². The van der Waals surface area contributed by atoms with E-state index in [1.807, 2.05) is 0 Å². The van der Waals surface area contributed by atoms with Gasteiger partial charge in [-0.3, -0.25) is 14.7 Å². The number of hydrogen-bond acceptors (Lipinski definition) is 4. The molecule has 1 unspecified atom stereocenters. The lowest BCUT2D eigenvalue weighted by atomic mass is 10.0. The van der Waals surface area contributed by atoms with Crippen LogP contribution < -0.4 is 5.30 Å². The quantitative estimate of drug-likeness (QED) is 0.395. The maximum atomic E-state index is 12.7. The van der Waals surface area contributed by atoms with Gasteiger partial charge in [0, 0.05) is 24.9 Å². The van der Waals surface area contributed by atoms with Crippen molar-refractivity contribution in [3.63, 3.8) is 0 Å². The van der Waals surface area contributed by atoms with Crippen LogP contribution in [0.15, 0.2) is 36.4 Å². The number of halogens is 4. The van der Waals surface area contributed by atoms with E-state index in [1.165, 1.54) is 38.0 Å². The number of benzene rings is 2. The molecule has 0 aliphatic carbocycles. The van der Waals surface area contributed by atoms with Crippen molar-refractivity contribution in [3.05, 3.63) is 68.2 Å². The molecule has 0 spiro atoms. The molecular formula is C16H14ClF3NO4P. The molecule has 10 heteroatoms. The van der Waals surface area contributed by atoms with Gasteiger partial charge in [-0.15, -0.1) is 0 Å². The monoisotopic (exact) mass is 407 g/mol. The van der Waals surface area contributed by atoms with Gasteiger partial charge in [0.25, 0.3) is 5.69 Å². The molecule has 5 nitrogen and oxygen atoms in total. The third-order valence-electron chi connectivity index (χ3n) is 3.80. The van der Waals surface area contributed by atoms with Crippen LogP contribution in [-0.2, 0) is 21.7 Å². The van der Waals surface area contributed by atoms with Crippen molar-refractivity contribution in [1.29, 1.82) is 0 Å². The molecule has 0 aromatic heterocycles. The largest absolute Gasteiger partial charge is 0.416 e. The molecule has 0 amide bonds. The maximum Gasteiger partial charge on any atom is 0.416 e. The summed E-state index contributed by atoms with van der Waals surface area (Å²) in [5.41, 5.74) is -0.303. The number of nitrogens with zero attached hydrogens (tertiary/aromatic N) is 1. The highest BCUT2D eigenvalue weighted by atomic mass is 35.5. The Labute approximate surface area is 152 Å². The topological polar surface area (TPSA) is 69.4 Å². The fraction of sp³-hybridized carbons (Fsp3) is 0.250. The standard InChI is InChI=1S/C16H14ClF3NO4P/c1-25-26(2,24)15-8-10(3-6-14(15)21(22)23)7-11-4-5-12(9-13(11)17)16(18,19)20/h3-6,8-9H,7H2,1-2H3. The minimum Gasteiger partial charge on any atom is -0.329 e. The Morgan fingerprint density at radius 1 is 1.23 bits per heavy atom. The van der Waals surface area contributed by atoms with Crippen LogP contribution in [0.5, 0.6) is 0 Å². The second-order valence-electron chi connectivity index (χ2n) is 5.59. The number of hydrogen-bond donors (Lipinski definition) is 0. The lowest BCUT2D eigenvalue weighted by Gasteiger charge is -2.14. The van der Waals surface area contributed by atoms with Crippen molar-refractivity contribution >= 4 is 30.0 Å². The molecule has 0 aliphatic heterocycles. The van der Waals surface area contributed by atoms with Gasteiger partial charge in [0.1, 0.15) is 5.30 Å². The van der Waals surface area contributed by atoms with Crippen LogP contribution in [-0.4, -0.2) is 18.7 Å². The molecule has 0 aliphatic rings. The van der Waals surface area contributed by atoms with Crippen LogP contribution in [0, 0.1) is 10.1 Å². The molecule has 0 saturated carbocycles. The summed E-state index contributed by atoms with van der Waals surface area (Å²) < 4.78 is 55.5. The van der Waals surface area contributed by atoms with E-state index >= 15 is 0 Å². The molecule has 0 bridgehead atoms. The van der Waals surface area contributed by atoms with E-state index < -0.39 is 24.0 Å². The molecule has 2 aromatic carbocycles. The Morgan fingerprint density at radius 3 is 2.38 bits per heavy atom. The molecule has 0 saturated heterocycles. The lowest BCUT2D eigenvalue weighted by Crippen LogP contribution is -2.12. The molecule has 2 rings (SSSR count). The predicted molar refractivity (Wildman–Crippen MR) is 92.5 cm³/mol. The van der Waals surface area contributed by atoms with Gasteiger partial charge < -0.3 is 4.52 Å². The average molecular weight is 408 g/mol. The summed E-state index contributed by atoms with van der Waals surface area (Å²) in [5, 5.41) is 11.0. The normalized spacial score (nSPS) is 14.1. The van der Waals surface area contributed by atoms with Gasteiger partial charge >= 0.3 is 6.18 Å². The predicted octanol–water partition coefficient (Wildman–Crippen LogP) is 5.04. The van der Waals surface area contributed by atoms with Crippen LogP contribution in [0.4, 0.5) is 18.9 Å². The Bertz CT molecular complexity index is 902. The second kappa shape index (κ2) is 7.39. The molecule has 2 aromatic rings. The van der Waals surface area contributed by atoms with Crippen molar-refractivity contribution < 1.29 is 27.2 Å². The highest BCUT2D eigenvalue weighted by Gasteiger charge is 2.31.